The lowest BCUT2D eigenvalue weighted by Crippen LogP contribution is -2.57. The zero-order valence-electron chi connectivity index (χ0n) is 33.9. The Labute approximate surface area is 339 Å². The van der Waals surface area contributed by atoms with Crippen LogP contribution in [0.25, 0.3) is 43.2 Å². The standard InChI is InChI=1S/C42H49F2N7O6S/c1-22-16-27-30-33(31(44)29(34(27)55-22)26-10-8-11-28-32(26)46-37(58-28)48-38(52)56-40(2,3)4)45-36(54-21-42-14-9-15-50(42)18-23(43)17-42)47-35(30)49-19-24-12-13-25(20-49)51(24)39(53)57-41(5,6)7/h8,10-11,16,23-25H,9,12-15,17-21H2,1-7H3,(H,46,48,52)/t23-,24-,25+,42+/m1/s1. The smallest absolute Gasteiger partial charge is 0.413 e. The van der Waals surface area contributed by atoms with Crippen LogP contribution in [0.5, 0.6) is 6.01 Å². The quantitative estimate of drug-likeness (QED) is 0.176. The monoisotopic (exact) mass is 817 g/mol. The van der Waals surface area contributed by atoms with Gasteiger partial charge < -0.3 is 23.5 Å². The van der Waals surface area contributed by atoms with Crippen molar-refractivity contribution in [2.24, 2.45) is 0 Å². The lowest BCUT2D eigenvalue weighted by molar-refractivity contribution is 0.0122. The number of fused-ring (bicyclic) bond motifs is 7. The first kappa shape index (κ1) is 38.7. The van der Waals surface area contributed by atoms with Crippen LogP contribution in [0.15, 0.2) is 28.7 Å². The van der Waals surface area contributed by atoms with Crippen LogP contribution >= 0.6 is 11.3 Å². The van der Waals surface area contributed by atoms with Crippen LogP contribution in [0, 0.1) is 12.7 Å². The number of thiazole rings is 1. The van der Waals surface area contributed by atoms with Crippen molar-refractivity contribution in [3.05, 3.63) is 35.8 Å². The number of piperazine rings is 1. The fourth-order valence-corrected chi connectivity index (χ4v) is 10.3. The predicted molar refractivity (Wildman–Crippen MR) is 218 cm³/mol. The third-order valence-electron chi connectivity index (χ3n) is 11.6. The molecular weight excluding hydrogens is 769 g/mol. The maximum Gasteiger partial charge on any atom is 0.413 e. The van der Waals surface area contributed by atoms with Gasteiger partial charge in [-0.25, -0.2) is 23.4 Å². The molecule has 7 heterocycles. The topological polar surface area (TPSA) is 135 Å². The van der Waals surface area contributed by atoms with Crippen LogP contribution in [-0.4, -0.2) is 105 Å². The van der Waals surface area contributed by atoms with Gasteiger partial charge in [0.25, 0.3) is 0 Å². The van der Waals surface area contributed by atoms with Gasteiger partial charge in [0.1, 0.15) is 46.7 Å². The number of aryl methyl sites for hydroxylation is 1. The molecule has 2 amide bonds. The second-order valence-corrected chi connectivity index (χ2v) is 19.2. The lowest BCUT2D eigenvalue weighted by Gasteiger charge is -2.42. The average molecular weight is 818 g/mol. The van der Waals surface area contributed by atoms with Gasteiger partial charge in [-0.3, -0.25) is 15.1 Å². The number of hydrogen-bond donors (Lipinski definition) is 1. The van der Waals surface area contributed by atoms with Crippen molar-refractivity contribution in [3.63, 3.8) is 0 Å². The summed E-state index contributed by atoms with van der Waals surface area (Å²) >= 11 is 1.25. The third kappa shape index (κ3) is 6.95. The average Bonchev–Trinajstić information content (AvgIpc) is 3.93. The molecular formula is C42H49F2N7O6S. The molecule has 58 heavy (non-hydrogen) atoms. The van der Waals surface area contributed by atoms with Crippen LogP contribution < -0.4 is 15.0 Å². The fourth-order valence-electron chi connectivity index (χ4n) is 9.40. The first-order valence-electron chi connectivity index (χ1n) is 20.1. The summed E-state index contributed by atoms with van der Waals surface area (Å²) in [5, 5.41) is 4.10. The molecule has 5 aromatic rings. The highest BCUT2D eigenvalue weighted by molar-refractivity contribution is 7.22. The van der Waals surface area contributed by atoms with Crippen molar-refractivity contribution in [1.82, 2.24) is 24.8 Å². The van der Waals surface area contributed by atoms with E-state index in [1.165, 1.54) is 11.3 Å². The molecule has 2 bridgehead atoms. The number of nitrogens with one attached hydrogen (secondary N) is 1. The molecule has 0 saturated carbocycles. The van der Waals surface area contributed by atoms with Gasteiger partial charge in [-0.2, -0.15) is 9.97 Å². The first-order valence-corrected chi connectivity index (χ1v) is 20.9. The molecule has 16 heteroatoms. The number of hydrogen-bond acceptors (Lipinski definition) is 12. The SMILES string of the molecule is Cc1cc2c(o1)c(-c1cccc3sc(NC(=O)OC(C)(C)C)nc13)c(F)c1nc(OC[C@@]34CCCN3C[C@H](F)C4)nc(N3C[C@H]4CC[C@@H](C3)N4C(=O)OC(C)(C)C)c12. The number of carbonyl (C=O) groups is 2. The number of benzene rings is 2. The number of anilines is 2. The maximum absolute atomic E-state index is 17.8. The van der Waals surface area contributed by atoms with Crippen LogP contribution in [-0.2, 0) is 9.47 Å². The number of rotatable bonds is 6. The molecule has 9 rings (SSSR count). The molecule has 3 aromatic heterocycles. The minimum Gasteiger partial charge on any atom is -0.461 e. The van der Waals surface area contributed by atoms with Crippen LogP contribution in [0.3, 0.4) is 0 Å². The Balaban J connectivity index is 1.17. The van der Waals surface area contributed by atoms with Crippen LogP contribution in [0.4, 0.5) is 29.3 Å². The number of amides is 2. The minimum atomic E-state index is -0.945. The number of ether oxygens (including phenoxy) is 3. The Morgan fingerprint density at radius 3 is 2.48 bits per heavy atom. The Morgan fingerprint density at radius 1 is 1.02 bits per heavy atom. The lowest BCUT2D eigenvalue weighted by atomic mass is 9.95. The highest BCUT2D eigenvalue weighted by Crippen LogP contribution is 2.47. The molecule has 4 fully saturated rings. The number of furan rings is 1. The number of halogens is 2. The number of carbonyl (C=O) groups excluding carboxylic acids is 2. The largest absolute Gasteiger partial charge is 0.461 e. The van der Waals surface area contributed by atoms with Crippen molar-refractivity contribution in [2.75, 3.05) is 43.0 Å². The molecule has 4 saturated heterocycles. The second kappa shape index (κ2) is 13.9. The molecule has 4 atom stereocenters. The molecule has 0 unspecified atom stereocenters. The van der Waals surface area contributed by atoms with Crippen molar-refractivity contribution in [1.29, 1.82) is 0 Å². The number of aromatic nitrogens is 3. The fraction of sp³-hybridized carbons (Fsp3) is 0.548. The van der Waals surface area contributed by atoms with E-state index in [1.807, 2.05) is 50.8 Å². The summed E-state index contributed by atoms with van der Waals surface area (Å²) in [6.07, 6.45) is 1.73. The van der Waals surface area contributed by atoms with E-state index >= 15 is 4.39 Å². The highest BCUT2D eigenvalue weighted by atomic mass is 32.1. The Bertz CT molecular complexity index is 2450. The summed E-state index contributed by atoms with van der Waals surface area (Å²) in [4.78, 5) is 46.8. The second-order valence-electron chi connectivity index (χ2n) is 18.2. The normalized spacial score (nSPS) is 23.6. The van der Waals surface area contributed by atoms with E-state index < -0.39 is 34.8 Å². The van der Waals surface area contributed by atoms with E-state index in [0.29, 0.717) is 74.9 Å². The van der Waals surface area contributed by atoms with Gasteiger partial charge in [-0.05, 0) is 92.8 Å². The van der Waals surface area contributed by atoms with E-state index in [-0.39, 0.29) is 41.9 Å². The molecule has 2 aromatic carbocycles. The van der Waals surface area contributed by atoms with Gasteiger partial charge in [0.2, 0.25) is 0 Å². The Kier molecular flexibility index (Phi) is 9.26. The van der Waals surface area contributed by atoms with Crippen LogP contribution in [0.2, 0.25) is 0 Å². The zero-order valence-corrected chi connectivity index (χ0v) is 34.7. The summed E-state index contributed by atoms with van der Waals surface area (Å²) in [6, 6.07) is 7.00. The van der Waals surface area contributed by atoms with Crippen molar-refractivity contribution in [3.8, 4) is 17.1 Å². The van der Waals surface area contributed by atoms with Crippen LogP contribution in [0.1, 0.15) is 79.4 Å². The Morgan fingerprint density at radius 2 is 1.76 bits per heavy atom. The van der Waals surface area contributed by atoms with Gasteiger partial charge in [0.15, 0.2) is 10.9 Å². The summed E-state index contributed by atoms with van der Waals surface area (Å²) < 4.78 is 57.3. The zero-order chi connectivity index (χ0) is 40.9. The number of para-hydroxylation sites is 1. The molecule has 4 aliphatic heterocycles. The van der Waals surface area contributed by atoms with E-state index in [4.69, 9.17) is 33.6 Å². The minimum absolute atomic E-state index is 0.00640. The molecule has 4 aliphatic rings. The van der Waals surface area contributed by atoms with Gasteiger partial charge in [-0.15, -0.1) is 0 Å². The summed E-state index contributed by atoms with van der Waals surface area (Å²) in [7, 11) is 0. The van der Waals surface area contributed by atoms with E-state index in [2.05, 4.69) is 15.1 Å². The molecule has 1 N–H and O–H groups in total. The van der Waals surface area contributed by atoms with Gasteiger partial charge in [0, 0.05) is 37.0 Å². The molecule has 0 aliphatic carbocycles. The summed E-state index contributed by atoms with van der Waals surface area (Å²) in [6.45, 7) is 14.9. The third-order valence-corrected chi connectivity index (χ3v) is 12.5. The van der Waals surface area contributed by atoms with Crippen molar-refractivity contribution < 1.29 is 37.0 Å². The van der Waals surface area contributed by atoms with Crippen molar-refractivity contribution in [2.45, 2.75) is 116 Å². The van der Waals surface area contributed by atoms with Gasteiger partial charge >= 0.3 is 18.2 Å². The highest BCUT2D eigenvalue weighted by Gasteiger charge is 2.50. The molecule has 308 valence electrons. The molecule has 13 nitrogen and oxygen atoms in total. The van der Waals surface area contributed by atoms with Gasteiger partial charge in [-0.1, -0.05) is 23.5 Å². The Hall–Kier alpha value is -4.83. The first-order chi connectivity index (χ1) is 27.4. The number of nitrogens with zero attached hydrogens (tertiary/aromatic N) is 6. The summed E-state index contributed by atoms with van der Waals surface area (Å²) in [5.41, 5.74) is -0.391. The van der Waals surface area contributed by atoms with Gasteiger partial charge in [0.05, 0.1) is 38.8 Å². The summed E-state index contributed by atoms with van der Waals surface area (Å²) in [5.74, 6) is 0.390. The predicted octanol–water partition coefficient (Wildman–Crippen LogP) is 8.99. The van der Waals surface area contributed by atoms with E-state index in [9.17, 15) is 14.0 Å². The van der Waals surface area contributed by atoms with E-state index in [1.54, 1.807) is 26.8 Å². The maximum atomic E-state index is 17.8. The van der Waals surface area contributed by atoms with E-state index in [0.717, 1.165) is 32.2 Å². The molecule has 0 spiro atoms. The number of alkyl halides is 1. The van der Waals surface area contributed by atoms with Crippen molar-refractivity contribution >= 4 is 66.6 Å². The molecule has 0 radical (unpaired) electrons.